The highest BCUT2D eigenvalue weighted by molar-refractivity contribution is 7.16. The average molecular weight is 366 g/mol. The van der Waals surface area contributed by atoms with Crippen molar-refractivity contribution in [1.29, 1.82) is 0 Å². The molecule has 0 spiro atoms. The van der Waals surface area contributed by atoms with Crippen molar-refractivity contribution in [3.8, 4) is 11.4 Å². The van der Waals surface area contributed by atoms with E-state index in [1.807, 2.05) is 30.3 Å². The van der Waals surface area contributed by atoms with E-state index >= 15 is 0 Å². The molecule has 4 rings (SSSR count). The van der Waals surface area contributed by atoms with Crippen LogP contribution in [0.4, 0.5) is 0 Å². The molecule has 1 amide bonds. The van der Waals surface area contributed by atoms with Gasteiger partial charge in [-0.05, 0) is 46.3 Å². The zero-order valence-electron chi connectivity index (χ0n) is 13.6. The number of benzene rings is 2. The molecule has 0 atom stereocenters. The normalized spacial score (nSPS) is 10.8. The third-order valence-corrected chi connectivity index (χ3v) is 4.65. The molecule has 2 aromatic heterocycles. The van der Waals surface area contributed by atoms with Crippen molar-refractivity contribution in [1.82, 2.24) is 30.5 Å². The van der Waals surface area contributed by atoms with E-state index in [1.54, 1.807) is 29.0 Å². The Labute approximate surface area is 152 Å². The Hall–Kier alpha value is -3.33. The number of ether oxygens (including phenoxy) is 1. The first-order valence-corrected chi connectivity index (χ1v) is 8.71. The maximum absolute atomic E-state index is 12.0. The first kappa shape index (κ1) is 16.2. The number of hydrogen-bond donors (Lipinski definition) is 1. The largest absolute Gasteiger partial charge is 0.484 e. The molecule has 0 aliphatic rings. The van der Waals surface area contributed by atoms with E-state index in [0.717, 1.165) is 21.5 Å². The molecule has 130 valence electrons. The number of carbonyl (C=O) groups is 1. The summed E-state index contributed by atoms with van der Waals surface area (Å²) < 4.78 is 8.15. The van der Waals surface area contributed by atoms with Crippen molar-refractivity contribution in [2.75, 3.05) is 6.61 Å². The molecule has 0 bridgehead atoms. The molecule has 0 fully saturated rings. The number of hydrogen-bond acceptors (Lipinski definition) is 7. The van der Waals surface area contributed by atoms with Crippen LogP contribution < -0.4 is 10.1 Å². The van der Waals surface area contributed by atoms with E-state index < -0.39 is 0 Å². The van der Waals surface area contributed by atoms with E-state index in [9.17, 15) is 4.79 Å². The molecule has 0 radical (unpaired) electrons. The lowest BCUT2D eigenvalue weighted by molar-refractivity contribution is -0.123. The smallest absolute Gasteiger partial charge is 0.258 e. The van der Waals surface area contributed by atoms with Crippen LogP contribution in [-0.2, 0) is 11.3 Å². The maximum Gasteiger partial charge on any atom is 0.258 e. The lowest BCUT2D eigenvalue weighted by Gasteiger charge is -2.08. The molecule has 0 aliphatic heterocycles. The van der Waals surface area contributed by atoms with Gasteiger partial charge in [0.2, 0.25) is 0 Å². The van der Waals surface area contributed by atoms with Crippen LogP contribution in [-0.4, -0.2) is 37.7 Å². The second-order valence-electron chi connectivity index (χ2n) is 5.43. The number of nitrogens with one attached hydrogen (secondary N) is 1. The van der Waals surface area contributed by atoms with Crippen LogP contribution in [0.25, 0.3) is 15.9 Å². The summed E-state index contributed by atoms with van der Waals surface area (Å²) in [6, 6.07) is 13.0. The molecular formula is C17H14N6O2S. The van der Waals surface area contributed by atoms with Crippen LogP contribution in [0.3, 0.4) is 0 Å². The minimum absolute atomic E-state index is 0.0527. The summed E-state index contributed by atoms with van der Waals surface area (Å²) in [4.78, 5) is 16.3. The SMILES string of the molecule is O=C(COc1ccc(-n2cnnn2)cc1)NCc1cccc2ncsc12. The van der Waals surface area contributed by atoms with Gasteiger partial charge in [-0.3, -0.25) is 4.79 Å². The van der Waals surface area contributed by atoms with Crippen LogP contribution >= 0.6 is 11.3 Å². The van der Waals surface area contributed by atoms with Gasteiger partial charge in [-0.15, -0.1) is 16.4 Å². The summed E-state index contributed by atoms with van der Waals surface area (Å²) in [6.45, 7) is 0.392. The van der Waals surface area contributed by atoms with Crippen LogP contribution in [0, 0.1) is 0 Å². The van der Waals surface area contributed by atoms with Gasteiger partial charge < -0.3 is 10.1 Å². The predicted molar refractivity (Wildman–Crippen MR) is 96.1 cm³/mol. The average Bonchev–Trinajstić information content (AvgIpc) is 3.36. The third-order valence-electron chi connectivity index (χ3n) is 3.73. The quantitative estimate of drug-likeness (QED) is 0.561. The van der Waals surface area contributed by atoms with Gasteiger partial charge in [0.15, 0.2) is 6.61 Å². The Morgan fingerprint density at radius 3 is 2.88 bits per heavy atom. The summed E-state index contributed by atoms with van der Waals surface area (Å²) in [7, 11) is 0. The second kappa shape index (κ2) is 7.28. The molecule has 26 heavy (non-hydrogen) atoms. The van der Waals surface area contributed by atoms with E-state index in [-0.39, 0.29) is 12.5 Å². The molecular weight excluding hydrogens is 352 g/mol. The van der Waals surface area contributed by atoms with E-state index in [0.29, 0.717) is 12.3 Å². The van der Waals surface area contributed by atoms with Gasteiger partial charge in [0.1, 0.15) is 12.1 Å². The Balaban J connectivity index is 1.30. The highest BCUT2D eigenvalue weighted by Crippen LogP contribution is 2.22. The minimum Gasteiger partial charge on any atom is -0.484 e. The van der Waals surface area contributed by atoms with Crippen molar-refractivity contribution in [3.05, 3.63) is 59.9 Å². The Morgan fingerprint density at radius 2 is 2.08 bits per heavy atom. The van der Waals surface area contributed by atoms with E-state index in [2.05, 4.69) is 25.8 Å². The number of aromatic nitrogens is 5. The lowest BCUT2D eigenvalue weighted by atomic mass is 10.2. The first-order valence-electron chi connectivity index (χ1n) is 7.83. The fraction of sp³-hybridized carbons (Fsp3) is 0.118. The number of tetrazole rings is 1. The molecule has 0 unspecified atom stereocenters. The standard InChI is InChI=1S/C17H14N6O2S/c24-16(18-8-12-2-1-3-15-17(12)26-11-19-15)9-25-14-6-4-13(5-7-14)23-10-20-21-22-23/h1-7,10-11H,8-9H2,(H,18,24). The first-order chi connectivity index (χ1) is 12.8. The number of nitrogens with zero attached hydrogens (tertiary/aromatic N) is 5. The van der Waals surface area contributed by atoms with Gasteiger partial charge in [0.25, 0.3) is 5.91 Å². The fourth-order valence-corrected chi connectivity index (χ4v) is 3.26. The van der Waals surface area contributed by atoms with Crippen molar-refractivity contribution in [2.24, 2.45) is 0 Å². The number of rotatable bonds is 6. The van der Waals surface area contributed by atoms with Gasteiger partial charge in [-0.1, -0.05) is 12.1 Å². The minimum atomic E-state index is -0.184. The number of fused-ring (bicyclic) bond motifs is 1. The van der Waals surface area contributed by atoms with Gasteiger partial charge in [-0.25, -0.2) is 9.67 Å². The van der Waals surface area contributed by atoms with Gasteiger partial charge in [0.05, 0.1) is 21.4 Å². The number of amides is 1. The van der Waals surface area contributed by atoms with Crippen LogP contribution in [0.1, 0.15) is 5.56 Å². The fourth-order valence-electron chi connectivity index (χ4n) is 2.45. The zero-order chi connectivity index (χ0) is 17.8. The monoisotopic (exact) mass is 366 g/mol. The zero-order valence-corrected chi connectivity index (χ0v) is 14.4. The van der Waals surface area contributed by atoms with Gasteiger partial charge in [-0.2, -0.15) is 0 Å². The van der Waals surface area contributed by atoms with Gasteiger partial charge in [0, 0.05) is 6.54 Å². The molecule has 2 heterocycles. The Kier molecular flexibility index (Phi) is 4.52. The summed E-state index contributed by atoms with van der Waals surface area (Å²) in [5.41, 5.74) is 4.60. The molecule has 0 aliphatic carbocycles. The van der Waals surface area contributed by atoms with Crippen molar-refractivity contribution < 1.29 is 9.53 Å². The molecule has 0 saturated carbocycles. The van der Waals surface area contributed by atoms with Crippen LogP contribution in [0.2, 0.25) is 0 Å². The topological polar surface area (TPSA) is 94.8 Å². The number of carbonyl (C=O) groups excluding carboxylic acids is 1. The van der Waals surface area contributed by atoms with Crippen LogP contribution in [0.15, 0.2) is 54.3 Å². The molecule has 2 aromatic carbocycles. The molecule has 0 saturated heterocycles. The maximum atomic E-state index is 12.0. The Bertz CT molecular complexity index is 1010. The summed E-state index contributed by atoms with van der Waals surface area (Å²) in [6.07, 6.45) is 1.51. The van der Waals surface area contributed by atoms with Crippen molar-refractivity contribution in [2.45, 2.75) is 6.54 Å². The summed E-state index contributed by atoms with van der Waals surface area (Å²) >= 11 is 1.57. The highest BCUT2D eigenvalue weighted by atomic mass is 32.1. The summed E-state index contributed by atoms with van der Waals surface area (Å²) in [5, 5.41) is 13.9. The van der Waals surface area contributed by atoms with E-state index in [1.165, 1.54) is 11.0 Å². The molecule has 8 nitrogen and oxygen atoms in total. The number of thiazole rings is 1. The second-order valence-corrected chi connectivity index (χ2v) is 6.29. The van der Waals surface area contributed by atoms with Crippen LogP contribution in [0.5, 0.6) is 5.75 Å². The predicted octanol–water partition coefficient (Wildman–Crippen LogP) is 1.97. The lowest BCUT2D eigenvalue weighted by Crippen LogP contribution is -2.28. The summed E-state index contributed by atoms with van der Waals surface area (Å²) in [5.74, 6) is 0.414. The van der Waals surface area contributed by atoms with Gasteiger partial charge >= 0.3 is 0 Å². The Morgan fingerprint density at radius 1 is 1.19 bits per heavy atom. The third kappa shape index (κ3) is 3.52. The van der Waals surface area contributed by atoms with Crippen molar-refractivity contribution in [3.63, 3.8) is 0 Å². The molecule has 9 heteroatoms. The highest BCUT2D eigenvalue weighted by Gasteiger charge is 2.07. The molecule has 4 aromatic rings. The van der Waals surface area contributed by atoms with Crippen molar-refractivity contribution >= 4 is 27.5 Å². The molecule has 1 N–H and O–H groups in total. The van der Waals surface area contributed by atoms with E-state index in [4.69, 9.17) is 4.74 Å².